The number of carbonyl (C=O) groups is 3. The molecule has 2 N–H and O–H groups in total. The topological polar surface area (TPSA) is 84.5 Å². The molecule has 0 aromatic heterocycles. The molecule has 6 nitrogen and oxygen atoms in total. The first-order valence-electron chi connectivity index (χ1n) is 7.19. The fraction of sp³-hybridized carbons (Fsp3) is 0.118. The van der Waals surface area contributed by atoms with Gasteiger partial charge in [0.1, 0.15) is 12.4 Å². The van der Waals surface area contributed by atoms with E-state index in [1.54, 1.807) is 24.3 Å². The van der Waals surface area contributed by atoms with Gasteiger partial charge < -0.3 is 15.4 Å². The van der Waals surface area contributed by atoms with Crippen molar-refractivity contribution < 1.29 is 23.5 Å². The third kappa shape index (κ3) is 5.89. The monoisotopic (exact) mass is 364 g/mol. The van der Waals surface area contributed by atoms with E-state index in [1.807, 2.05) is 0 Å². The largest absolute Gasteiger partial charge is 0.454 e. The van der Waals surface area contributed by atoms with Gasteiger partial charge in [-0.1, -0.05) is 23.7 Å². The highest BCUT2D eigenvalue weighted by Crippen LogP contribution is 2.20. The SMILES string of the molecule is O=C(COC(=O)CNC(=O)c1ccc(F)cc1)Nc1ccccc1Cl. The second-order valence-electron chi connectivity index (χ2n) is 4.88. The molecule has 0 spiro atoms. The summed E-state index contributed by atoms with van der Waals surface area (Å²) in [4.78, 5) is 35.0. The fourth-order valence-electron chi connectivity index (χ4n) is 1.80. The molecule has 0 atom stereocenters. The number of carbonyl (C=O) groups excluding carboxylic acids is 3. The summed E-state index contributed by atoms with van der Waals surface area (Å²) in [5.41, 5.74) is 0.598. The summed E-state index contributed by atoms with van der Waals surface area (Å²) in [7, 11) is 0. The molecule has 0 heterocycles. The van der Waals surface area contributed by atoms with E-state index in [4.69, 9.17) is 16.3 Å². The molecule has 130 valence electrons. The highest BCUT2D eigenvalue weighted by Gasteiger charge is 2.11. The van der Waals surface area contributed by atoms with Crippen LogP contribution in [0.5, 0.6) is 0 Å². The van der Waals surface area contributed by atoms with Crippen molar-refractivity contribution in [2.24, 2.45) is 0 Å². The van der Waals surface area contributed by atoms with Crippen LogP contribution >= 0.6 is 11.6 Å². The molecule has 0 unspecified atom stereocenters. The van der Waals surface area contributed by atoms with Gasteiger partial charge >= 0.3 is 5.97 Å². The lowest BCUT2D eigenvalue weighted by Gasteiger charge is -2.08. The molecule has 0 aliphatic rings. The number of nitrogens with one attached hydrogen (secondary N) is 2. The van der Waals surface area contributed by atoms with Crippen LogP contribution in [0.15, 0.2) is 48.5 Å². The molecule has 0 bridgehead atoms. The third-order valence-electron chi connectivity index (χ3n) is 3.01. The van der Waals surface area contributed by atoms with Crippen molar-refractivity contribution in [3.05, 3.63) is 64.9 Å². The Balaban J connectivity index is 1.73. The van der Waals surface area contributed by atoms with E-state index >= 15 is 0 Å². The van der Waals surface area contributed by atoms with Crippen LogP contribution in [0.2, 0.25) is 5.02 Å². The molecular weight excluding hydrogens is 351 g/mol. The van der Waals surface area contributed by atoms with Crippen molar-refractivity contribution in [3.63, 3.8) is 0 Å². The number of amides is 2. The number of benzene rings is 2. The van der Waals surface area contributed by atoms with Gasteiger partial charge in [0.25, 0.3) is 11.8 Å². The Bertz CT molecular complexity index is 780. The lowest BCUT2D eigenvalue weighted by molar-refractivity contribution is -0.146. The zero-order chi connectivity index (χ0) is 18.2. The maximum absolute atomic E-state index is 12.8. The number of hydrogen-bond acceptors (Lipinski definition) is 4. The summed E-state index contributed by atoms with van der Waals surface area (Å²) in [5, 5.41) is 5.16. The molecule has 2 aromatic carbocycles. The molecule has 25 heavy (non-hydrogen) atoms. The van der Waals surface area contributed by atoms with Gasteiger partial charge in [-0.3, -0.25) is 14.4 Å². The minimum absolute atomic E-state index is 0.200. The Morgan fingerprint density at radius 2 is 1.72 bits per heavy atom. The normalized spacial score (nSPS) is 10.0. The van der Waals surface area contributed by atoms with Crippen LogP contribution in [0.4, 0.5) is 10.1 Å². The molecule has 8 heteroatoms. The van der Waals surface area contributed by atoms with Crippen LogP contribution in [0.25, 0.3) is 0 Å². The van der Waals surface area contributed by atoms with Gasteiger partial charge in [0.2, 0.25) is 0 Å². The van der Waals surface area contributed by atoms with Crippen molar-refractivity contribution in [1.29, 1.82) is 0 Å². The number of halogens is 2. The zero-order valence-corrected chi connectivity index (χ0v) is 13.7. The van der Waals surface area contributed by atoms with E-state index in [1.165, 1.54) is 12.1 Å². The van der Waals surface area contributed by atoms with Crippen molar-refractivity contribution in [2.75, 3.05) is 18.5 Å². The van der Waals surface area contributed by atoms with Crippen LogP contribution in [-0.4, -0.2) is 30.9 Å². The Morgan fingerprint density at radius 3 is 2.40 bits per heavy atom. The number of para-hydroxylation sites is 1. The van der Waals surface area contributed by atoms with E-state index < -0.39 is 36.8 Å². The van der Waals surface area contributed by atoms with Gasteiger partial charge in [0.05, 0.1) is 10.7 Å². The average molecular weight is 365 g/mol. The summed E-state index contributed by atoms with van der Waals surface area (Å²) in [5.74, 6) is -2.38. The smallest absolute Gasteiger partial charge is 0.325 e. The third-order valence-corrected chi connectivity index (χ3v) is 3.34. The van der Waals surface area contributed by atoms with Crippen molar-refractivity contribution >= 4 is 35.1 Å². The highest BCUT2D eigenvalue weighted by atomic mass is 35.5. The van der Waals surface area contributed by atoms with Crippen molar-refractivity contribution in [2.45, 2.75) is 0 Å². The number of rotatable bonds is 6. The van der Waals surface area contributed by atoms with Crippen LogP contribution in [0.3, 0.4) is 0 Å². The van der Waals surface area contributed by atoms with Crippen molar-refractivity contribution in [3.8, 4) is 0 Å². The maximum atomic E-state index is 12.8. The van der Waals surface area contributed by atoms with Gasteiger partial charge in [-0.2, -0.15) is 0 Å². The molecule has 0 radical (unpaired) electrons. The predicted molar refractivity (Wildman–Crippen MR) is 89.8 cm³/mol. The maximum Gasteiger partial charge on any atom is 0.325 e. The van der Waals surface area contributed by atoms with Crippen LogP contribution in [-0.2, 0) is 14.3 Å². The van der Waals surface area contributed by atoms with E-state index in [0.717, 1.165) is 12.1 Å². The predicted octanol–water partition coefficient (Wildman–Crippen LogP) is 2.39. The molecular formula is C17H14ClFN2O4. The molecule has 2 aromatic rings. The fourth-order valence-corrected chi connectivity index (χ4v) is 1.98. The number of hydrogen-bond donors (Lipinski definition) is 2. The molecule has 0 saturated carbocycles. The number of anilines is 1. The van der Waals surface area contributed by atoms with Gasteiger partial charge in [0.15, 0.2) is 6.61 Å². The molecule has 0 saturated heterocycles. The van der Waals surface area contributed by atoms with E-state index in [-0.39, 0.29) is 5.56 Å². The Kier molecular flexibility index (Phi) is 6.47. The second-order valence-corrected chi connectivity index (χ2v) is 5.29. The first-order valence-corrected chi connectivity index (χ1v) is 7.57. The highest BCUT2D eigenvalue weighted by molar-refractivity contribution is 6.33. The molecule has 0 aliphatic heterocycles. The summed E-state index contributed by atoms with van der Waals surface area (Å²) in [6.07, 6.45) is 0. The lowest BCUT2D eigenvalue weighted by atomic mass is 10.2. The Hall–Kier alpha value is -2.93. The van der Waals surface area contributed by atoms with Crippen LogP contribution in [0.1, 0.15) is 10.4 Å². The Labute approximate surface area is 147 Å². The standard InChI is InChI=1S/C17H14ClFN2O4/c18-13-3-1-2-4-14(13)21-15(22)10-25-16(23)9-20-17(24)11-5-7-12(19)8-6-11/h1-8H,9-10H2,(H,20,24)(H,21,22). The van der Waals surface area contributed by atoms with Gasteiger partial charge in [-0.05, 0) is 36.4 Å². The zero-order valence-electron chi connectivity index (χ0n) is 12.9. The first-order chi connectivity index (χ1) is 12.0. The van der Waals surface area contributed by atoms with Gasteiger partial charge in [-0.25, -0.2) is 4.39 Å². The second kappa shape index (κ2) is 8.79. The molecule has 0 fully saturated rings. The summed E-state index contributed by atoms with van der Waals surface area (Å²) in [6, 6.07) is 11.4. The summed E-state index contributed by atoms with van der Waals surface area (Å²) in [6.45, 7) is -0.938. The van der Waals surface area contributed by atoms with E-state index in [9.17, 15) is 18.8 Å². The number of esters is 1. The molecule has 2 amide bonds. The minimum Gasteiger partial charge on any atom is -0.454 e. The van der Waals surface area contributed by atoms with Gasteiger partial charge in [-0.15, -0.1) is 0 Å². The quantitative estimate of drug-likeness (QED) is 0.771. The molecule has 2 rings (SSSR count). The van der Waals surface area contributed by atoms with Gasteiger partial charge in [0, 0.05) is 5.56 Å². The van der Waals surface area contributed by atoms with Crippen LogP contribution in [0, 0.1) is 5.82 Å². The summed E-state index contributed by atoms with van der Waals surface area (Å²) < 4.78 is 17.5. The number of ether oxygens (including phenoxy) is 1. The molecule has 0 aliphatic carbocycles. The van der Waals surface area contributed by atoms with Crippen molar-refractivity contribution in [1.82, 2.24) is 5.32 Å². The minimum atomic E-state index is -0.787. The summed E-state index contributed by atoms with van der Waals surface area (Å²) >= 11 is 5.89. The average Bonchev–Trinajstić information content (AvgIpc) is 2.60. The van der Waals surface area contributed by atoms with E-state index in [0.29, 0.717) is 10.7 Å². The van der Waals surface area contributed by atoms with E-state index in [2.05, 4.69) is 10.6 Å². The first kappa shape index (κ1) is 18.4. The lowest BCUT2D eigenvalue weighted by Crippen LogP contribution is -2.32. The van der Waals surface area contributed by atoms with Crippen LogP contribution < -0.4 is 10.6 Å². The Morgan fingerprint density at radius 1 is 1.04 bits per heavy atom.